The van der Waals surface area contributed by atoms with E-state index < -0.39 is 6.29 Å². The number of phenols is 1. The van der Waals surface area contributed by atoms with E-state index in [4.69, 9.17) is 23.2 Å². The molecule has 0 aliphatic heterocycles. The van der Waals surface area contributed by atoms with Gasteiger partial charge in [-0.3, -0.25) is 9.36 Å². The Balaban J connectivity index is 2.26. The summed E-state index contributed by atoms with van der Waals surface area (Å²) in [4.78, 5) is 13.0. The zero-order valence-electron chi connectivity index (χ0n) is 13.2. The van der Waals surface area contributed by atoms with Crippen molar-refractivity contribution in [2.45, 2.75) is 19.6 Å². The number of carbonyl (C=O) groups is 1. The number of carbonyl (C=O) groups excluding carboxylic acids is 1. The lowest BCUT2D eigenvalue weighted by molar-refractivity contribution is -0.0380. The van der Waals surface area contributed by atoms with E-state index in [0.717, 1.165) is 0 Å². The van der Waals surface area contributed by atoms with Gasteiger partial charge in [0, 0.05) is 28.1 Å². The smallest absolute Gasteiger partial charge is 0.262 e. The first-order valence-electron chi connectivity index (χ1n) is 7.48. The molecule has 2 aromatic carbocycles. The van der Waals surface area contributed by atoms with Crippen molar-refractivity contribution in [3.63, 3.8) is 0 Å². The second kappa shape index (κ2) is 6.69. The van der Waals surface area contributed by atoms with Crippen LogP contribution in [-0.4, -0.2) is 32.1 Å². The number of benzene rings is 2. The average molecular weight is 380 g/mol. The molecule has 0 bridgehead atoms. The summed E-state index contributed by atoms with van der Waals surface area (Å²) in [5.41, 5.74) is 2.00. The normalized spacial score (nSPS) is 11.4. The standard InChI is InChI=1S/C18H15Cl2NO4/c1-9-12(7-17(23)24)13-6-16(22)14(20)8-15(13)21(9)18(25)10-2-4-11(19)5-3-10/h2-6,8,17,22-24H,7H2,1H3. The first-order chi connectivity index (χ1) is 11.8. The van der Waals surface area contributed by atoms with E-state index in [1.54, 1.807) is 31.2 Å². The number of hydrogen-bond acceptors (Lipinski definition) is 4. The van der Waals surface area contributed by atoms with Crippen LogP contribution in [-0.2, 0) is 6.42 Å². The topological polar surface area (TPSA) is 82.7 Å². The van der Waals surface area contributed by atoms with E-state index in [1.165, 1.54) is 16.7 Å². The van der Waals surface area contributed by atoms with Crippen LogP contribution in [0.5, 0.6) is 5.75 Å². The maximum atomic E-state index is 13.0. The van der Waals surface area contributed by atoms with Gasteiger partial charge >= 0.3 is 0 Å². The minimum atomic E-state index is -1.58. The van der Waals surface area contributed by atoms with Gasteiger partial charge in [-0.25, -0.2) is 0 Å². The molecule has 5 nitrogen and oxygen atoms in total. The molecule has 3 rings (SSSR count). The van der Waals surface area contributed by atoms with Gasteiger partial charge in [-0.2, -0.15) is 0 Å². The number of rotatable bonds is 3. The molecule has 0 saturated carbocycles. The van der Waals surface area contributed by atoms with E-state index in [9.17, 15) is 20.1 Å². The number of hydrogen-bond donors (Lipinski definition) is 3. The summed E-state index contributed by atoms with van der Waals surface area (Å²) in [6.07, 6.45) is -1.66. The molecule has 25 heavy (non-hydrogen) atoms. The molecule has 0 radical (unpaired) electrons. The van der Waals surface area contributed by atoms with Crippen molar-refractivity contribution in [2.24, 2.45) is 0 Å². The number of aromatic hydroxyl groups is 1. The zero-order valence-corrected chi connectivity index (χ0v) is 14.7. The Morgan fingerprint density at radius 3 is 2.40 bits per heavy atom. The number of phenolic OH excluding ortho intramolecular Hbond substituents is 1. The van der Waals surface area contributed by atoms with E-state index in [0.29, 0.717) is 32.7 Å². The Bertz CT molecular complexity index is 962. The van der Waals surface area contributed by atoms with Crippen molar-refractivity contribution in [2.75, 3.05) is 0 Å². The van der Waals surface area contributed by atoms with Crippen molar-refractivity contribution in [3.8, 4) is 5.75 Å². The van der Waals surface area contributed by atoms with Crippen LogP contribution in [0, 0.1) is 6.92 Å². The summed E-state index contributed by atoms with van der Waals surface area (Å²) in [6, 6.07) is 9.37. The lowest BCUT2D eigenvalue weighted by Crippen LogP contribution is -2.15. The molecule has 0 aliphatic carbocycles. The summed E-state index contributed by atoms with van der Waals surface area (Å²) in [6.45, 7) is 1.70. The molecular formula is C18H15Cl2NO4. The molecular weight excluding hydrogens is 365 g/mol. The minimum Gasteiger partial charge on any atom is -0.506 e. The fraction of sp³-hybridized carbons (Fsp3) is 0.167. The maximum absolute atomic E-state index is 13.0. The van der Waals surface area contributed by atoms with Crippen LogP contribution in [0.3, 0.4) is 0 Å². The summed E-state index contributed by atoms with van der Waals surface area (Å²) < 4.78 is 1.45. The molecule has 1 aromatic heterocycles. The number of aromatic nitrogens is 1. The number of nitrogens with zero attached hydrogens (tertiary/aromatic N) is 1. The highest BCUT2D eigenvalue weighted by molar-refractivity contribution is 6.33. The van der Waals surface area contributed by atoms with Gasteiger partial charge < -0.3 is 15.3 Å². The molecule has 0 atom stereocenters. The number of aliphatic hydroxyl groups is 2. The number of aliphatic hydroxyl groups excluding tert-OH is 1. The van der Waals surface area contributed by atoms with Crippen LogP contribution in [0.25, 0.3) is 10.9 Å². The van der Waals surface area contributed by atoms with E-state index >= 15 is 0 Å². The molecule has 0 aliphatic rings. The van der Waals surface area contributed by atoms with Gasteiger partial charge in [-0.1, -0.05) is 23.2 Å². The third-order valence-corrected chi connectivity index (χ3v) is 4.64. The first-order valence-corrected chi connectivity index (χ1v) is 8.24. The molecule has 0 spiro atoms. The summed E-state index contributed by atoms with van der Waals surface area (Å²) in [5, 5.41) is 29.8. The van der Waals surface area contributed by atoms with Crippen LogP contribution in [0.2, 0.25) is 10.0 Å². The SMILES string of the molecule is Cc1c(CC(O)O)c2cc(O)c(Cl)cc2n1C(=O)c1ccc(Cl)cc1. The van der Waals surface area contributed by atoms with Crippen LogP contribution in [0.4, 0.5) is 0 Å². The summed E-state index contributed by atoms with van der Waals surface area (Å²) in [7, 11) is 0. The Labute approximate surface area is 153 Å². The predicted octanol–water partition coefficient (Wildman–Crippen LogP) is 3.50. The Kier molecular flexibility index (Phi) is 4.75. The van der Waals surface area contributed by atoms with Gasteiger partial charge in [0.05, 0.1) is 10.5 Å². The Morgan fingerprint density at radius 2 is 1.80 bits per heavy atom. The second-order valence-corrected chi connectivity index (χ2v) is 6.56. The second-order valence-electron chi connectivity index (χ2n) is 5.72. The minimum absolute atomic E-state index is 0.0791. The van der Waals surface area contributed by atoms with Gasteiger partial charge in [-0.15, -0.1) is 0 Å². The molecule has 7 heteroatoms. The quantitative estimate of drug-likeness (QED) is 0.608. The molecule has 0 fully saturated rings. The molecule has 0 unspecified atom stereocenters. The third-order valence-electron chi connectivity index (χ3n) is 4.08. The van der Waals surface area contributed by atoms with Gasteiger partial charge in [0.2, 0.25) is 0 Å². The monoisotopic (exact) mass is 379 g/mol. The van der Waals surface area contributed by atoms with Crippen LogP contribution < -0.4 is 0 Å². The van der Waals surface area contributed by atoms with Crippen molar-refractivity contribution < 1.29 is 20.1 Å². The fourth-order valence-corrected chi connectivity index (χ4v) is 3.20. The lowest BCUT2D eigenvalue weighted by Gasteiger charge is -2.08. The van der Waals surface area contributed by atoms with Crippen molar-refractivity contribution in [1.82, 2.24) is 4.57 Å². The fourth-order valence-electron chi connectivity index (χ4n) is 2.91. The molecule has 3 N–H and O–H groups in total. The first kappa shape index (κ1) is 17.8. The highest BCUT2D eigenvalue weighted by Crippen LogP contribution is 2.35. The van der Waals surface area contributed by atoms with E-state index in [1.807, 2.05) is 0 Å². The van der Waals surface area contributed by atoms with Crippen molar-refractivity contribution in [3.05, 3.63) is 63.3 Å². The summed E-state index contributed by atoms with van der Waals surface area (Å²) in [5.74, 6) is -0.446. The van der Waals surface area contributed by atoms with Gasteiger partial charge in [-0.05, 0) is 48.9 Å². The average Bonchev–Trinajstić information content (AvgIpc) is 2.80. The largest absolute Gasteiger partial charge is 0.506 e. The van der Waals surface area contributed by atoms with Gasteiger partial charge in [0.1, 0.15) is 5.75 Å². The molecule has 0 saturated heterocycles. The lowest BCUT2D eigenvalue weighted by atomic mass is 10.1. The zero-order chi connectivity index (χ0) is 18.3. The molecule has 1 heterocycles. The van der Waals surface area contributed by atoms with Crippen molar-refractivity contribution >= 4 is 40.0 Å². The highest BCUT2D eigenvalue weighted by atomic mass is 35.5. The molecule has 0 amide bonds. The Hall–Kier alpha value is -2.05. The number of fused-ring (bicyclic) bond motifs is 1. The van der Waals surface area contributed by atoms with Crippen LogP contribution >= 0.6 is 23.2 Å². The third kappa shape index (κ3) is 3.24. The molecule has 130 valence electrons. The highest BCUT2D eigenvalue weighted by Gasteiger charge is 2.22. The van der Waals surface area contributed by atoms with Crippen LogP contribution in [0.1, 0.15) is 21.6 Å². The summed E-state index contributed by atoms with van der Waals surface area (Å²) >= 11 is 11.9. The van der Waals surface area contributed by atoms with Crippen molar-refractivity contribution in [1.29, 1.82) is 0 Å². The van der Waals surface area contributed by atoms with Gasteiger partial charge in [0.25, 0.3) is 5.91 Å². The Morgan fingerprint density at radius 1 is 1.16 bits per heavy atom. The predicted molar refractivity (Wildman–Crippen MR) is 96.5 cm³/mol. The maximum Gasteiger partial charge on any atom is 0.262 e. The van der Waals surface area contributed by atoms with E-state index in [2.05, 4.69) is 0 Å². The van der Waals surface area contributed by atoms with Gasteiger partial charge in [0.15, 0.2) is 6.29 Å². The number of halogens is 2. The van der Waals surface area contributed by atoms with E-state index in [-0.39, 0.29) is 23.1 Å². The van der Waals surface area contributed by atoms with Crippen LogP contribution in [0.15, 0.2) is 36.4 Å². The molecule has 3 aromatic rings.